The molecule has 100 valence electrons. The molecule has 2 heterocycles. The lowest BCUT2D eigenvalue weighted by Gasteiger charge is -2.34. The number of hydrogen-bond acceptors (Lipinski definition) is 2. The molecule has 1 fully saturated rings. The second-order valence-electron chi connectivity index (χ2n) is 5.62. The Morgan fingerprint density at radius 2 is 2.00 bits per heavy atom. The fourth-order valence-corrected chi connectivity index (χ4v) is 2.97. The Labute approximate surface area is 109 Å². The van der Waals surface area contributed by atoms with Crippen molar-refractivity contribution in [3.63, 3.8) is 0 Å². The van der Waals surface area contributed by atoms with Gasteiger partial charge in [0.2, 0.25) is 0 Å². The lowest BCUT2D eigenvalue weighted by Crippen LogP contribution is -2.42. The number of aryl methyl sites for hydroxylation is 1. The van der Waals surface area contributed by atoms with Gasteiger partial charge >= 0.3 is 0 Å². The SMILES string of the molecule is CCn1ncc(C(=O)N2C[C@@H](C)C[C@H](C)C2)c1C. The third kappa shape index (κ3) is 2.42. The van der Waals surface area contributed by atoms with Crippen LogP contribution in [-0.4, -0.2) is 33.7 Å². The van der Waals surface area contributed by atoms with Crippen LogP contribution >= 0.6 is 0 Å². The number of carbonyl (C=O) groups excluding carboxylic acids is 1. The summed E-state index contributed by atoms with van der Waals surface area (Å²) in [6, 6.07) is 0. The molecule has 4 heteroatoms. The van der Waals surface area contributed by atoms with Crippen LogP contribution in [0, 0.1) is 18.8 Å². The fraction of sp³-hybridized carbons (Fsp3) is 0.714. The minimum atomic E-state index is 0.144. The second kappa shape index (κ2) is 5.12. The van der Waals surface area contributed by atoms with E-state index in [4.69, 9.17) is 0 Å². The molecule has 0 aliphatic carbocycles. The number of likely N-dealkylation sites (tertiary alicyclic amines) is 1. The number of aromatic nitrogens is 2. The highest BCUT2D eigenvalue weighted by Crippen LogP contribution is 2.23. The van der Waals surface area contributed by atoms with E-state index in [1.54, 1.807) is 6.20 Å². The maximum absolute atomic E-state index is 12.5. The van der Waals surface area contributed by atoms with E-state index in [-0.39, 0.29) is 5.91 Å². The van der Waals surface area contributed by atoms with Gasteiger partial charge in [0.05, 0.1) is 11.8 Å². The van der Waals surface area contributed by atoms with Crippen LogP contribution in [0.5, 0.6) is 0 Å². The summed E-state index contributed by atoms with van der Waals surface area (Å²) in [5.41, 5.74) is 1.74. The van der Waals surface area contributed by atoms with Crippen molar-refractivity contribution in [3.8, 4) is 0 Å². The van der Waals surface area contributed by atoms with Crippen molar-refractivity contribution < 1.29 is 4.79 Å². The molecule has 1 aliphatic heterocycles. The molecule has 0 aromatic carbocycles. The van der Waals surface area contributed by atoms with Gasteiger partial charge in [0, 0.05) is 25.3 Å². The summed E-state index contributed by atoms with van der Waals surface area (Å²) in [5.74, 6) is 1.34. The Bertz CT molecular complexity index is 428. The van der Waals surface area contributed by atoms with Gasteiger partial charge in [-0.3, -0.25) is 9.48 Å². The lowest BCUT2D eigenvalue weighted by atomic mass is 9.91. The summed E-state index contributed by atoms with van der Waals surface area (Å²) in [5, 5.41) is 4.26. The highest BCUT2D eigenvalue weighted by atomic mass is 16.2. The maximum atomic E-state index is 12.5. The largest absolute Gasteiger partial charge is 0.338 e. The number of amides is 1. The van der Waals surface area contributed by atoms with Crippen molar-refractivity contribution in [1.29, 1.82) is 0 Å². The monoisotopic (exact) mass is 249 g/mol. The predicted molar refractivity (Wildman–Crippen MR) is 71.5 cm³/mol. The third-order valence-electron chi connectivity index (χ3n) is 3.79. The third-order valence-corrected chi connectivity index (χ3v) is 3.79. The van der Waals surface area contributed by atoms with Crippen LogP contribution in [0.2, 0.25) is 0 Å². The van der Waals surface area contributed by atoms with E-state index >= 15 is 0 Å². The summed E-state index contributed by atoms with van der Waals surface area (Å²) < 4.78 is 1.88. The van der Waals surface area contributed by atoms with E-state index in [0.717, 1.165) is 30.9 Å². The number of carbonyl (C=O) groups is 1. The molecule has 18 heavy (non-hydrogen) atoms. The van der Waals surface area contributed by atoms with Gasteiger partial charge in [0.15, 0.2) is 0 Å². The zero-order chi connectivity index (χ0) is 13.3. The molecular weight excluding hydrogens is 226 g/mol. The molecule has 0 bridgehead atoms. The van der Waals surface area contributed by atoms with E-state index in [0.29, 0.717) is 11.8 Å². The Kier molecular flexibility index (Phi) is 3.73. The van der Waals surface area contributed by atoms with Crippen LogP contribution in [-0.2, 0) is 6.54 Å². The Morgan fingerprint density at radius 3 is 2.50 bits per heavy atom. The Hall–Kier alpha value is -1.32. The number of hydrogen-bond donors (Lipinski definition) is 0. The van der Waals surface area contributed by atoms with Crippen LogP contribution in [0.1, 0.15) is 43.2 Å². The van der Waals surface area contributed by atoms with Gasteiger partial charge in [-0.1, -0.05) is 13.8 Å². The van der Waals surface area contributed by atoms with Crippen molar-refractivity contribution in [2.75, 3.05) is 13.1 Å². The van der Waals surface area contributed by atoms with Crippen molar-refractivity contribution in [2.24, 2.45) is 11.8 Å². The molecule has 0 N–H and O–H groups in total. The maximum Gasteiger partial charge on any atom is 0.257 e. The van der Waals surface area contributed by atoms with Crippen LogP contribution < -0.4 is 0 Å². The van der Waals surface area contributed by atoms with E-state index in [2.05, 4.69) is 18.9 Å². The van der Waals surface area contributed by atoms with Gasteiger partial charge in [0.25, 0.3) is 5.91 Å². The highest BCUT2D eigenvalue weighted by molar-refractivity contribution is 5.95. The first kappa shape index (κ1) is 13.1. The van der Waals surface area contributed by atoms with Gasteiger partial charge < -0.3 is 4.90 Å². The quantitative estimate of drug-likeness (QED) is 0.807. The first-order valence-corrected chi connectivity index (χ1v) is 6.84. The van der Waals surface area contributed by atoms with E-state index in [1.165, 1.54) is 6.42 Å². The van der Waals surface area contributed by atoms with Gasteiger partial charge in [-0.15, -0.1) is 0 Å². The van der Waals surface area contributed by atoms with Crippen molar-refractivity contribution in [1.82, 2.24) is 14.7 Å². The lowest BCUT2D eigenvalue weighted by molar-refractivity contribution is 0.0622. The van der Waals surface area contributed by atoms with Gasteiger partial charge in [-0.05, 0) is 32.1 Å². The zero-order valence-corrected chi connectivity index (χ0v) is 11.8. The zero-order valence-electron chi connectivity index (χ0n) is 11.8. The Morgan fingerprint density at radius 1 is 1.39 bits per heavy atom. The molecule has 0 unspecified atom stereocenters. The summed E-state index contributed by atoms with van der Waals surface area (Å²) in [4.78, 5) is 14.5. The van der Waals surface area contributed by atoms with Gasteiger partial charge in [-0.2, -0.15) is 5.10 Å². The smallest absolute Gasteiger partial charge is 0.257 e. The van der Waals surface area contributed by atoms with Crippen molar-refractivity contribution >= 4 is 5.91 Å². The molecule has 0 radical (unpaired) electrons. The molecule has 2 rings (SSSR count). The second-order valence-corrected chi connectivity index (χ2v) is 5.62. The summed E-state index contributed by atoms with van der Waals surface area (Å²) in [6.45, 7) is 11.0. The summed E-state index contributed by atoms with van der Waals surface area (Å²) in [7, 11) is 0. The molecule has 2 atom stereocenters. The van der Waals surface area contributed by atoms with E-state index in [9.17, 15) is 4.79 Å². The molecule has 4 nitrogen and oxygen atoms in total. The fourth-order valence-electron chi connectivity index (χ4n) is 2.97. The topological polar surface area (TPSA) is 38.1 Å². The molecule has 0 saturated carbocycles. The van der Waals surface area contributed by atoms with Crippen LogP contribution in [0.4, 0.5) is 0 Å². The summed E-state index contributed by atoms with van der Waals surface area (Å²) >= 11 is 0. The predicted octanol–water partition coefficient (Wildman–Crippen LogP) is 2.33. The van der Waals surface area contributed by atoms with Crippen LogP contribution in [0.3, 0.4) is 0 Å². The van der Waals surface area contributed by atoms with Crippen LogP contribution in [0.25, 0.3) is 0 Å². The Balaban J connectivity index is 2.17. The van der Waals surface area contributed by atoms with Crippen LogP contribution in [0.15, 0.2) is 6.20 Å². The van der Waals surface area contributed by atoms with Gasteiger partial charge in [-0.25, -0.2) is 0 Å². The average molecular weight is 249 g/mol. The highest BCUT2D eigenvalue weighted by Gasteiger charge is 2.27. The first-order chi connectivity index (χ1) is 8.52. The van der Waals surface area contributed by atoms with Crippen molar-refractivity contribution in [2.45, 2.75) is 40.7 Å². The molecular formula is C14H23N3O. The number of piperidine rings is 1. The standard InChI is InChI=1S/C14H23N3O/c1-5-17-12(4)13(7-15-17)14(18)16-8-10(2)6-11(3)9-16/h7,10-11H,5-6,8-9H2,1-4H3/t10-,11-/m0/s1. The molecule has 1 amide bonds. The van der Waals surface area contributed by atoms with Gasteiger partial charge in [0.1, 0.15) is 0 Å². The van der Waals surface area contributed by atoms with E-state index < -0.39 is 0 Å². The minimum absolute atomic E-state index is 0.144. The normalized spacial score (nSPS) is 24.3. The minimum Gasteiger partial charge on any atom is -0.338 e. The average Bonchev–Trinajstić information content (AvgIpc) is 2.68. The van der Waals surface area contributed by atoms with Crippen molar-refractivity contribution in [3.05, 3.63) is 17.5 Å². The molecule has 1 aliphatic rings. The molecule has 1 aromatic heterocycles. The number of rotatable bonds is 2. The van der Waals surface area contributed by atoms with E-state index in [1.807, 2.05) is 23.4 Å². The first-order valence-electron chi connectivity index (χ1n) is 6.84. The number of nitrogens with zero attached hydrogens (tertiary/aromatic N) is 3. The molecule has 1 saturated heterocycles. The molecule has 0 spiro atoms. The summed E-state index contributed by atoms with van der Waals surface area (Å²) in [6.07, 6.45) is 2.93. The molecule has 1 aromatic rings.